The van der Waals surface area contributed by atoms with Gasteiger partial charge < -0.3 is 0 Å². The Morgan fingerprint density at radius 3 is 2.14 bits per heavy atom. The maximum Gasteiger partial charge on any atom is 0.329 e. The second-order valence-corrected chi connectivity index (χ2v) is 5.83. The minimum absolute atomic E-state index is 0.0626. The van der Waals surface area contributed by atoms with Gasteiger partial charge in [-0.1, -0.05) is 24.3 Å². The number of aryl methyl sites for hydroxylation is 1. The summed E-state index contributed by atoms with van der Waals surface area (Å²) >= 11 is 1.72. The van der Waals surface area contributed by atoms with E-state index in [1.165, 1.54) is 4.90 Å². The van der Waals surface area contributed by atoms with Crippen LogP contribution in [0, 0.1) is 0 Å². The van der Waals surface area contributed by atoms with Gasteiger partial charge in [0.1, 0.15) is 0 Å². The van der Waals surface area contributed by atoms with Crippen molar-refractivity contribution in [2.24, 2.45) is 0 Å². The first-order valence-electron chi connectivity index (χ1n) is 7.05. The molecule has 0 aliphatic rings. The lowest BCUT2D eigenvalue weighted by Gasteiger charge is -2.04. The molecule has 0 amide bonds. The zero-order valence-electron chi connectivity index (χ0n) is 12.2. The molecule has 0 unspecified atom stereocenters. The van der Waals surface area contributed by atoms with E-state index < -0.39 is 0 Å². The van der Waals surface area contributed by atoms with Crippen molar-refractivity contribution in [1.82, 2.24) is 9.13 Å². The quantitative estimate of drug-likeness (QED) is 0.688. The van der Waals surface area contributed by atoms with Crippen LogP contribution in [0.2, 0.25) is 0 Å². The molecule has 1 heterocycles. The van der Waals surface area contributed by atoms with Crippen molar-refractivity contribution in [1.29, 1.82) is 0 Å². The molecule has 4 heteroatoms. The Morgan fingerprint density at radius 1 is 0.952 bits per heavy atom. The fourth-order valence-corrected chi connectivity index (χ4v) is 3.05. The van der Waals surface area contributed by atoms with Crippen LogP contribution < -0.4 is 5.69 Å². The average molecular weight is 298 g/mol. The van der Waals surface area contributed by atoms with Crippen LogP contribution in [0.15, 0.2) is 58.2 Å². The highest BCUT2D eigenvalue weighted by atomic mass is 32.2. The van der Waals surface area contributed by atoms with Gasteiger partial charge in [-0.25, -0.2) is 4.79 Å². The molecule has 1 aromatic heterocycles. The van der Waals surface area contributed by atoms with E-state index in [0.717, 1.165) is 16.6 Å². The average Bonchev–Trinajstić information content (AvgIpc) is 2.80. The Morgan fingerprint density at radius 2 is 1.57 bits per heavy atom. The lowest BCUT2D eigenvalue weighted by atomic mass is 10.2. The van der Waals surface area contributed by atoms with Crippen molar-refractivity contribution >= 4 is 22.8 Å². The van der Waals surface area contributed by atoms with Crippen molar-refractivity contribution < 1.29 is 0 Å². The van der Waals surface area contributed by atoms with E-state index in [0.29, 0.717) is 13.1 Å². The summed E-state index contributed by atoms with van der Waals surface area (Å²) < 4.78 is 3.68. The van der Waals surface area contributed by atoms with Crippen molar-refractivity contribution in [3.05, 3.63) is 64.6 Å². The molecule has 0 saturated carbocycles. The van der Waals surface area contributed by atoms with Crippen LogP contribution in [0.3, 0.4) is 0 Å². The second kappa shape index (κ2) is 5.82. The maximum absolute atomic E-state index is 12.6. The van der Waals surface area contributed by atoms with Crippen molar-refractivity contribution in [3.63, 3.8) is 0 Å². The monoisotopic (exact) mass is 298 g/mol. The molecule has 0 aliphatic carbocycles. The number of hydrogen-bond acceptors (Lipinski definition) is 2. The molecule has 0 spiro atoms. The van der Waals surface area contributed by atoms with Crippen molar-refractivity contribution in [3.8, 4) is 0 Å². The molecule has 3 nitrogen and oxygen atoms in total. The van der Waals surface area contributed by atoms with E-state index in [9.17, 15) is 4.79 Å². The zero-order chi connectivity index (χ0) is 14.8. The van der Waals surface area contributed by atoms with Crippen molar-refractivity contribution in [2.75, 3.05) is 6.26 Å². The van der Waals surface area contributed by atoms with E-state index >= 15 is 0 Å². The minimum Gasteiger partial charge on any atom is -0.292 e. The summed E-state index contributed by atoms with van der Waals surface area (Å²) in [5, 5.41) is 0. The molecular weight excluding hydrogens is 280 g/mol. The summed E-state index contributed by atoms with van der Waals surface area (Å²) in [6.07, 6.45) is 2.06. The third-order valence-corrected chi connectivity index (χ3v) is 4.48. The smallest absolute Gasteiger partial charge is 0.292 e. The summed E-state index contributed by atoms with van der Waals surface area (Å²) in [5.74, 6) is 0. The fourth-order valence-electron chi connectivity index (χ4n) is 2.64. The number of para-hydroxylation sites is 2. The normalized spacial score (nSPS) is 11.1. The van der Waals surface area contributed by atoms with Gasteiger partial charge in [0.2, 0.25) is 0 Å². The van der Waals surface area contributed by atoms with Gasteiger partial charge in [-0.15, -0.1) is 11.8 Å². The molecule has 108 valence electrons. The van der Waals surface area contributed by atoms with Gasteiger partial charge in [0.05, 0.1) is 17.6 Å². The Balaban J connectivity index is 2.07. The Kier molecular flexibility index (Phi) is 3.88. The molecule has 3 rings (SSSR count). The lowest BCUT2D eigenvalue weighted by Crippen LogP contribution is -2.24. The molecule has 0 N–H and O–H groups in total. The third kappa shape index (κ3) is 2.51. The molecule has 0 atom stereocenters. The molecule has 2 aromatic carbocycles. The van der Waals surface area contributed by atoms with Crippen LogP contribution in [0.1, 0.15) is 12.5 Å². The predicted molar refractivity (Wildman–Crippen MR) is 89.2 cm³/mol. The van der Waals surface area contributed by atoms with E-state index in [-0.39, 0.29) is 5.69 Å². The fraction of sp³-hybridized carbons (Fsp3) is 0.235. The second-order valence-electron chi connectivity index (χ2n) is 4.95. The highest BCUT2D eigenvalue weighted by Crippen LogP contribution is 2.17. The first kappa shape index (κ1) is 14.0. The number of aromatic nitrogens is 2. The summed E-state index contributed by atoms with van der Waals surface area (Å²) in [6.45, 7) is 3.31. The van der Waals surface area contributed by atoms with Gasteiger partial charge in [0.25, 0.3) is 0 Å². The van der Waals surface area contributed by atoms with Crippen LogP contribution in [-0.4, -0.2) is 15.4 Å². The minimum atomic E-state index is 0.0626. The first-order chi connectivity index (χ1) is 10.2. The summed E-state index contributed by atoms with van der Waals surface area (Å²) in [5.41, 5.74) is 3.21. The van der Waals surface area contributed by atoms with Crippen LogP contribution in [0.25, 0.3) is 11.0 Å². The topological polar surface area (TPSA) is 26.9 Å². The van der Waals surface area contributed by atoms with E-state index in [1.54, 1.807) is 11.8 Å². The van der Waals surface area contributed by atoms with Crippen LogP contribution in [0.4, 0.5) is 0 Å². The molecule has 0 aliphatic heterocycles. The van der Waals surface area contributed by atoms with Gasteiger partial charge in [0, 0.05) is 11.4 Å². The standard InChI is InChI=1S/C17H18N2OS/c1-3-18-15-6-4-5-7-16(15)19(17(18)20)12-13-8-10-14(21-2)11-9-13/h4-11H,3,12H2,1-2H3. The molecule has 0 radical (unpaired) electrons. The Bertz CT molecular complexity index is 815. The van der Waals surface area contributed by atoms with Gasteiger partial charge in [0.15, 0.2) is 0 Å². The molecule has 0 fully saturated rings. The van der Waals surface area contributed by atoms with Gasteiger partial charge in [-0.05, 0) is 43.0 Å². The molecule has 0 bridgehead atoms. The number of nitrogens with zero attached hydrogens (tertiary/aromatic N) is 2. The van der Waals surface area contributed by atoms with Gasteiger partial charge in [-0.3, -0.25) is 9.13 Å². The van der Waals surface area contributed by atoms with E-state index in [4.69, 9.17) is 0 Å². The van der Waals surface area contributed by atoms with Crippen LogP contribution in [0.5, 0.6) is 0 Å². The number of fused-ring (bicyclic) bond motifs is 1. The third-order valence-electron chi connectivity index (χ3n) is 3.74. The summed E-state index contributed by atoms with van der Waals surface area (Å²) in [6, 6.07) is 16.4. The van der Waals surface area contributed by atoms with Gasteiger partial charge in [-0.2, -0.15) is 0 Å². The van der Waals surface area contributed by atoms with E-state index in [1.807, 2.05) is 40.3 Å². The Labute approximate surface area is 128 Å². The predicted octanol–water partition coefficient (Wildman–Crippen LogP) is 3.59. The van der Waals surface area contributed by atoms with Crippen LogP contribution in [-0.2, 0) is 13.1 Å². The van der Waals surface area contributed by atoms with E-state index in [2.05, 4.69) is 30.5 Å². The summed E-state index contributed by atoms with van der Waals surface area (Å²) in [4.78, 5) is 13.8. The zero-order valence-corrected chi connectivity index (χ0v) is 13.1. The molecular formula is C17H18N2OS. The number of benzene rings is 2. The largest absolute Gasteiger partial charge is 0.329 e. The highest BCUT2D eigenvalue weighted by molar-refractivity contribution is 7.98. The lowest BCUT2D eigenvalue weighted by molar-refractivity contribution is 0.684. The SMILES string of the molecule is CCn1c(=O)n(Cc2ccc(SC)cc2)c2ccccc21. The van der Waals surface area contributed by atoms with Crippen LogP contribution >= 0.6 is 11.8 Å². The number of rotatable bonds is 4. The maximum atomic E-state index is 12.6. The first-order valence-corrected chi connectivity index (χ1v) is 8.28. The molecule has 21 heavy (non-hydrogen) atoms. The number of hydrogen-bond donors (Lipinski definition) is 0. The summed E-state index contributed by atoms with van der Waals surface area (Å²) in [7, 11) is 0. The number of imidazole rings is 1. The number of thioether (sulfide) groups is 1. The Hall–Kier alpha value is -1.94. The molecule has 0 saturated heterocycles. The molecule has 3 aromatic rings. The van der Waals surface area contributed by atoms with Gasteiger partial charge >= 0.3 is 5.69 Å². The highest BCUT2D eigenvalue weighted by Gasteiger charge is 2.11. The van der Waals surface area contributed by atoms with Crippen molar-refractivity contribution in [2.45, 2.75) is 24.9 Å².